The van der Waals surface area contributed by atoms with Gasteiger partial charge in [-0.15, -0.1) is 5.73 Å². The Hall–Kier alpha value is -0.330. The zero-order chi connectivity index (χ0) is 8.04. The second-order valence-electron chi connectivity index (χ2n) is 1.57. The minimum Gasteiger partial charge on any atom is -0.321 e. The minimum atomic E-state index is -3.48. The first-order valence-electron chi connectivity index (χ1n) is 2.97. The molecule has 0 saturated carbocycles. The zero-order valence-electron chi connectivity index (χ0n) is 6.07. The molecule has 0 fully saturated rings. The Morgan fingerprint density at radius 2 is 2.40 bits per heavy atom. The molecule has 0 aliphatic heterocycles. The van der Waals surface area contributed by atoms with Crippen molar-refractivity contribution in [3.63, 3.8) is 0 Å². The molecule has 1 atom stereocenters. The van der Waals surface area contributed by atoms with E-state index in [1.165, 1.54) is 0 Å². The van der Waals surface area contributed by atoms with E-state index in [2.05, 4.69) is 10.3 Å². The highest BCUT2D eigenvalue weighted by atomic mass is 31.2. The lowest BCUT2D eigenvalue weighted by Gasteiger charge is -2.01. The predicted molar refractivity (Wildman–Crippen MR) is 39.8 cm³/mol. The molecule has 1 N–H and O–H groups in total. The third-order valence-corrected chi connectivity index (χ3v) is 1.82. The lowest BCUT2D eigenvalue weighted by atomic mass is 10.7. The highest BCUT2D eigenvalue weighted by Crippen LogP contribution is 2.42. The maximum Gasteiger partial charge on any atom is 0.359 e. The third kappa shape index (κ3) is 4.54. The van der Waals surface area contributed by atoms with Gasteiger partial charge in [0.15, 0.2) is 0 Å². The van der Waals surface area contributed by atoms with E-state index >= 15 is 0 Å². The molecular weight excluding hydrogens is 151 g/mol. The highest BCUT2D eigenvalue weighted by Gasteiger charge is 2.11. The van der Waals surface area contributed by atoms with Crippen LogP contribution >= 0.6 is 7.60 Å². The van der Waals surface area contributed by atoms with Gasteiger partial charge in [0.2, 0.25) is 0 Å². The molecule has 10 heavy (non-hydrogen) atoms. The molecule has 0 aliphatic carbocycles. The Morgan fingerprint density at radius 1 is 1.80 bits per heavy atom. The summed E-state index contributed by atoms with van der Waals surface area (Å²) >= 11 is 0. The molecule has 0 aliphatic rings. The van der Waals surface area contributed by atoms with Crippen molar-refractivity contribution in [1.29, 1.82) is 0 Å². The van der Waals surface area contributed by atoms with Crippen molar-refractivity contribution in [3.8, 4) is 0 Å². The Labute approximate surface area is 60.6 Å². The zero-order valence-corrected chi connectivity index (χ0v) is 6.97. The Morgan fingerprint density at radius 3 is 2.80 bits per heavy atom. The molecule has 0 saturated heterocycles. The van der Waals surface area contributed by atoms with Crippen molar-refractivity contribution < 1.29 is 14.0 Å². The summed E-state index contributed by atoms with van der Waals surface area (Å²) < 4.78 is 15.3. The van der Waals surface area contributed by atoms with Crippen LogP contribution in [0.15, 0.2) is 17.6 Å². The Kier molecular flexibility index (Phi) is 4.33. The van der Waals surface area contributed by atoms with Crippen LogP contribution in [0.2, 0.25) is 0 Å². The number of hydrogen-bond acceptors (Lipinski definition) is 2. The summed E-state index contributed by atoms with van der Waals surface area (Å²) in [6.07, 6.45) is 1.54. The number of allylic oxidation sites excluding steroid dienone is 1. The lowest BCUT2D eigenvalue weighted by Crippen LogP contribution is -1.83. The average Bonchev–Trinajstić information content (AvgIpc) is 1.84. The average molecular weight is 162 g/mol. The molecule has 1 unspecified atom stereocenters. The molecule has 4 heteroatoms. The molecular formula is C6H11O3P. The number of hydrogen-bond donors (Lipinski definition) is 1. The standard InChI is InChI=1S/C6H11O3P/c1-3-5-6-10(7,8)9-4-2/h3,6H,4H2,1-2H3,(H,7,8). The van der Waals surface area contributed by atoms with Crippen LogP contribution in [-0.4, -0.2) is 11.5 Å². The summed E-state index contributed by atoms with van der Waals surface area (Å²) in [6.45, 7) is 3.60. The van der Waals surface area contributed by atoms with Crippen LogP contribution in [0.25, 0.3) is 0 Å². The van der Waals surface area contributed by atoms with Gasteiger partial charge >= 0.3 is 7.60 Å². The summed E-state index contributed by atoms with van der Waals surface area (Å²) in [6, 6.07) is 0. The maximum atomic E-state index is 10.8. The van der Waals surface area contributed by atoms with Crippen LogP contribution in [0.1, 0.15) is 13.8 Å². The van der Waals surface area contributed by atoms with Gasteiger partial charge in [-0.25, -0.2) is 0 Å². The molecule has 0 spiro atoms. The number of rotatable bonds is 3. The molecule has 0 aromatic heterocycles. The summed E-state index contributed by atoms with van der Waals surface area (Å²) in [5.74, 6) is 1.04. The van der Waals surface area contributed by atoms with E-state index in [1.807, 2.05) is 0 Å². The van der Waals surface area contributed by atoms with Crippen LogP contribution in [0.4, 0.5) is 0 Å². The smallest absolute Gasteiger partial charge is 0.321 e. The first-order chi connectivity index (χ1) is 4.62. The van der Waals surface area contributed by atoms with E-state index in [-0.39, 0.29) is 6.61 Å². The van der Waals surface area contributed by atoms with E-state index in [1.54, 1.807) is 19.9 Å². The van der Waals surface area contributed by atoms with E-state index in [9.17, 15) is 4.57 Å². The van der Waals surface area contributed by atoms with Crippen molar-refractivity contribution in [3.05, 3.63) is 17.6 Å². The Bertz CT molecular complexity index is 191. The van der Waals surface area contributed by atoms with E-state index < -0.39 is 7.60 Å². The SMILES string of the molecule is CC=C=CP(=O)(O)OCC. The molecule has 0 aromatic carbocycles. The molecule has 0 rings (SSSR count). The maximum absolute atomic E-state index is 10.8. The van der Waals surface area contributed by atoms with Crippen molar-refractivity contribution >= 4 is 7.60 Å². The summed E-state index contributed by atoms with van der Waals surface area (Å²) in [5, 5.41) is 0. The summed E-state index contributed by atoms with van der Waals surface area (Å²) in [5.41, 5.74) is 2.49. The fraction of sp³-hybridized carbons (Fsp3) is 0.500. The van der Waals surface area contributed by atoms with Gasteiger partial charge in [-0.2, -0.15) is 0 Å². The Balaban J connectivity index is 4.13. The van der Waals surface area contributed by atoms with Crippen LogP contribution < -0.4 is 0 Å². The molecule has 58 valence electrons. The lowest BCUT2D eigenvalue weighted by molar-refractivity contribution is 0.283. The van der Waals surface area contributed by atoms with E-state index in [0.29, 0.717) is 0 Å². The monoisotopic (exact) mass is 162 g/mol. The third-order valence-electron chi connectivity index (χ3n) is 0.718. The van der Waals surface area contributed by atoms with Crippen LogP contribution in [0.3, 0.4) is 0 Å². The second kappa shape index (κ2) is 4.48. The van der Waals surface area contributed by atoms with Gasteiger partial charge in [-0.1, -0.05) is 0 Å². The normalized spacial score (nSPS) is 15.1. The second-order valence-corrected chi connectivity index (χ2v) is 3.21. The van der Waals surface area contributed by atoms with Crippen molar-refractivity contribution in [2.45, 2.75) is 13.8 Å². The van der Waals surface area contributed by atoms with Gasteiger partial charge in [0, 0.05) is 0 Å². The molecule has 0 bridgehead atoms. The summed E-state index contributed by atoms with van der Waals surface area (Å²) in [7, 11) is -3.48. The van der Waals surface area contributed by atoms with Crippen molar-refractivity contribution in [2.75, 3.05) is 6.61 Å². The molecule has 0 radical (unpaired) electrons. The van der Waals surface area contributed by atoms with Crippen molar-refractivity contribution in [2.24, 2.45) is 0 Å². The topological polar surface area (TPSA) is 46.5 Å². The van der Waals surface area contributed by atoms with Gasteiger partial charge in [-0.05, 0) is 19.9 Å². The van der Waals surface area contributed by atoms with Crippen LogP contribution in [0, 0.1) is 0 Å². The van der Waals surface area contributed by atoms with E-state index in [4.69, 9.17) is 4.89 Å². The molecule has 0 heterocycles. The van der Waals surface area contributed by atoms with Gasteiger partial charge in [0.05, 0.1) is 12.4 Å². The predicted octanol–water partition coefficient (Wildman–Crippen LogP) is 1.90. The highest BCUT2D eigenvalue weighted by molar-refractivity contribution is 7.56. The quantitative estimate of drug-likeness (QED) is 0.509. The van der Waals surface area contributed by atoms with Gasteiger partial charge < -0.3 is 9.42 Å². The van der Waals surface area contributed by atoms with Gasteiger partial charge in [-0.3, -0.25) is 4.57 Å². The van der Waals surface area contributed by atoms with Crippen LogP contribution in [0.5, 0.6) is 0 Å². The van der Waals surface area contributed by atoms with Gasteiger partial charge in [0.25, 0.3) is 0 Å². The molecule has 0 amide bonds. The van der Waals surface area contributed by atoms with Gasteiger partial charge in [0.1, 0.15) is 0 Å². The first kappa shape index (κ1) is 9.67. The van der Waals surface area contributed by atoms with Crippen LogP contribution in [-0.2, 0) is 9.09 Å². The van der Waals surface area contributed by atoms with Crippen molar-refractivity contribution in [1.82, 2.24) is 0 Å². The fourth-order valence-corrected chi connectivity index (χ4v) is 1.17. The van der Waals surface area contributed by atoms with E-state index in [0.717, 1.165) is 5.82 Å². The minimum absolute atomic E-state index is 0.232. The molecule has 0 aromatic rings. The summed E-state index contributed by atoms with van der Waals surface area (Å²) in [4.78, 5) is 8.84. The first-order valence-corrected chi connectivity index (χ1v) is 4.62. The largest absolute Gasteiger partial charge is 0.359 e. The fourth-order valence-electron chi connectivity index (χ4n) is 0.391. The molecule has 3 nitrogen and oxygen atoms in total.